The number of anilines is 1. The molecular weight excluding hydrogens is 338 g/mol. The molecule has 0 fully saturated rings. The standard InChI is InChI=1S/C21H17N5O/c1-13(2)14-7-9-15(10-8-14)20(27)24-19-16(11-22)12-26-18-6-4-3-5-17(18)23-21(26)25-19/h3-10,12-13H,1-2H3,(H,23,24,25,27). The van der Waals surface area contributed by atoms with E-state index in [1.165, 1.54) is 0 Å². The van der Waals surface area contributed by atoms with E-state index in [9.17, 15) is 10.1 Å². The molecule has 1 N–H and O–H groups in total. The summed E-state index contributed by atoms with van der Waals surface area (Å²) in [6.07, 6.45) is 1.65. The predicted octanol–water partition coefficient (Wildman–Crippen LogP) is 4.13. The van der Waals surface area contributed by atoms with Crippen LogP contribution in [0.5, 0.6) is 0 Å². The molecule has 0 aliphatic rings. The summed E-state index contributed by atoms with van der Waals surface area (Å²) in [5.74, 6) is 0.722. The number of carbonyl (C=O) groups is 1. The fraction of sp³-hybridized carbons (Fsp3) is 0.143. The topological polar surface area (TPSA) is 83.1 Å². The molecule has 6 heteroatoms. The number of fused-ring (bicyclic) bond motifs is 3. The highest BCUT2D eigenvalue weighted by atomic mass is 16.1. The molecule has 0 saturated heterocycles. The highest BCUT2D eigenvalue weighted by Crippen LogP contribution is 2.21. The molecule has 1 amide bonds. The number of rotatable bonds is 3. The Balaban J connectivity index is 1.71. The lowest BCUT2D eigenvalue weighted by atomic mass is 10.0. The third-order valence-corrected chi connectivity index (χ3v) is 4.49. The van der Waals surface area contributed by atoms with Gasteiger partial charge in [-0.3, -0.25) is 9.20 Å². The number of para-hydroxylation sites is 2. The van der Waals surface area contributed by atoms with Gasteiger partial charge in [0.25, 0.3) is 5.91 Å². The normalized spacial score (nSPS) is 11.0. The van der Waals surface area contributed by atoms with Crippen molar-refractivity contribution in [2.75, 3.05) is 5.32 Å². The highest BCUT2D eigenvalue weighted by molar-refractivity contribution is 6.04. The molecule has 0 aliphatic carbocycles. The van der Waals surface area contributed by atoms with Crippen molar-refractivity contribution in [3.8, 4) is 6.07 Å². The number of imidazole rings is 1. The Morgan fingerprint density at radius 1 is 1.11 bits per heavy atom. The van der Waals surface area contributed by atoms with Crippen LogP contribution in [0.3, 0.4) is 0 Å². The minimum Gasteiger partial charge on any atom is -0.305 e. The molecule has 27 heavy (non-hydrogen) atoms. The van der Waals surface area contributed by atoms with E-state index in [4.69, 9.17) is 0 Å². The Kier molecular flexibility index (Phi) is 4.05. The van der Waals surface area contributed by atoms with Crippen LogP contribution in [0.2, 0.25) is 0 Å². The number of hydrogen-bond donors (Lipinski definition) is 1. The zero-order chi connectivity index (χ0) is 19.0. The lowest BCUT2D eigenvalue weighted by molar-refractivity contribution is 0.102. The first-order valence-corrected chi connectivity index (χ1v) is 8.66. The molecule has 0 saturated carbocycles. The summed E-state index contributed by atoms with van der Waals surface area (Å²) in [4.78, 5) is 21.4. The zero-order valence-corrected chi connectivity index (χ0v) is 15.0. The van der Waals surface area contributed by atoms with Crippen LogP contribution in [-0.2, 0) is 0 Å². The first-order chi connectivity index (χ1) is 13.1. The van der Waals surface area contributed by atoms with Crippen LogP contribution in [-0.4, -0.2) is 20.3 Å². The summed E-state index contributed by atoms with van der Waals surface area (Å²) in [5.41, 5.74) is 3.59. The lowest BCUT2D eigenvalue weighted by Gasteiger charge is -2.09. The molecule has 0 atom stereocenters. The summed E-state index contributed by atoms with van der Waals surface area (Å²) in [5, 5.41) is 12.2. The average Bonchev–Trinajstić information content (AvgIpc) is 3.04. The van der Waals surface area contributed by atoms with Gasteiger partial charge in [0.05, 0.1) is 11.0 Å². The van der Waals surface area contributed by atoms with Gasteiger partial charge >= 0.3 is 0 Å². The number of nitriles is 1. The van der Waals surface area contributed by atoms with Gasteiger partial charge in [-0.05, 0) is 35.7 Å². The van der Waals surface area contributed by atoms with Crippen LogP contribution in [0.25, 0.3) is 16.8 Å². The van der Waals surface area contributed by atoms with Crippen LogP contribution in [0.15, 0.2) is 54.7 Å². The van der Waals surface area contributed by atoms with Gasteiger partial charge in [0.15, 0.2) is 5.82 Å². The summed E-state index contributed by atoms with van der Waals surface area (Å²) >= 11 is 0. The second-order valence-corrected chi connectivity index (χ2v) is 6.62. The summed E-state index contributed by atoms with van der Waals surface area (Å²) in [7, 11) is 0. The van der Waals surface area contributed by atoms with Crippen molar-refractivity contribution >= 4 is 28.5 Å². The van der Waals surface area contributed by atoms with Crippen molar-refractivity contribution in [2.24, 2.45) is 0 Å². The number of hydrogen-bond acceptors (Lipinski definition) is 4. The second-order valence-electron chi connectivity index (χ2n) is 6.62. The third kappa shape index (κ3) is 3.00. The van der Waals surface area contributed by atoms with E-state index in [2.05, 4.69) is 35.2 Å². The number of amides is 1. The molecular formula is C21H17N5O. The Bertz CT molecular complexity index is 1200. The molecule has 0 unspecified atom stereocenters. The molecule has 0 aliphatic heterocycles. The minimum absolute atomic E-state index is 0.207. The van der Waals surface area contributed by atoms with Gasteiger partial charge in [-0.15, -0.1) is 0 Å². The minimum atomic E-state index is -0.310. The monoisotopic (exact) mass is 355 g/mol. The number of nitrogens with zero attached hydrogens (tertiary/aromatic N) is 4. The largest absolute Gasteiger partial charge is 0.305 e. The van der Waals surface area contributed by atoms with Crippen molar-refractivity contribution in [3.63, 3.8) is 0 Å². The van der Waals surface area contributed by atoms with Gasteiger partial charge in [0, 0.05) is 11.8 Å². The van der Waals surface area contributed by atoms with Crippen LogP contribution in [0.1, 0.15) is 41.3 Å². The molecule has 4 aromatic rings. The second kappa shape index (κ2) is 6.54. The van der Waals surface area contributed by atoms with Gasteiger partial charge in [-0.2, -0.15) is 10.2 Å². The first-order valence-electron chi connectivity index (χ1n) is 8.66. The van der Waals surface area contributed by atoms with Crippen molar-refractivity contribution in [1.29, 1.82) is 5.26 Å². The van der Waals surface area contributed by atoms with Gasteiger partial charge in [0.1, 0.15) is 11.6 Å². The Labute approximate surface area is 156 Å². The van der Waals surface area contributed by atoms with Crippen molar-refractivity contribution < 1.29 is 4.79 Å². The maximum absolute atomic E-state index is 12.6. The van der Waals surface area contributed by atoms with Crippen LogP contribution in [0.4, 0.5) is 5.82 Å². The molecule has 2 aromatic heterocycles. The fourth-order valence-electron chi connectivity index (χ4n) is 2.96. The Morgan fingerprint density at radius 2 is 1.85 bits per heavy atom. The first kappa shape index (κ1) is 16.7. The van der Waals surface area contributed by atoms with E-state index >= 15 is 0 Å². The van der Waals surface area contributed by atoms with E-state index in [0.717, 1.165) is 16.6 Å². The molecule has 6 nitrogen and oxygen atoms in total. The van der Waals surface area contributed by atoms with E-state index in [0.29, 0.717) is 17.3 Å². The predicted molar refractivity (Wildman–Crippen MR) is 104 cm³/mol. The van der Waals surface area contributed by atoms with E-state index in [1.807, 2.05) is 36.4 Å². The highest BCUT2D eigenvalue weighted by Gasteiger charge is 2.14. The van der Waals surface area contributed by atoms with Crippen molar-refractivity contribution in [1.82, 2.24) is 14.4 Å². The van der Waals surface area contributed by atoms with Gasteiger partial charge in [-0.25, -0.2) is 4.98 Å². The summed E-state index contributed by atoms with van der Waals surface area (Å²) < 4.78 is 1.75. The van der Waals surface area contributed by atoms with Crippen molar-refractivity contribution in [3.05, 3.63) is 71.4 Å². The molecule has 4 rings (SSSR count). The molecule has 0 radical (unpaired) electrons. The van der Waals surface area contributed by atoms with E-state index in [-0.39, 0.29) is 17.3 Å². The average molecular weight is 355 g/mol. The fourth-order valence-corrected chi connectivity index (χ4v) is 2.96. The number of carbonyl (C=O) groups excluding carboxylic acids is 1. The lowest BCUT2D eigenvalue weighted by Crippen LogP contribution is -2.15. The summed E-state index contributed by atoms with van der Waals surface area (Å²) in [6, 6.07) is 17.1. The van der Waals surface area contributed by atoms with E-state index < -0.39 is 0 Å². The number of aromatic nitrogens is 3. The Hall–Kier alpha value is -3.72. The molecule has 0 bridgehead atoms. The molecule has 2 heterocycles. The van der Waals surface area contributed by atoms with Crippen LogP contribution in [0, 0.1) is 11.3 Å². The van der Waals surface area contributed by atoms with Gasteiger partial charge < -0.3 is 5.32 Å². The Morgan fingerprint density at radius 3 is 2.56 bits per heavy atom. The SMILES string of the molecule is CC(C)c1ccc(C(=O)Nc2nc3nc4ccccc4n3cc2C#N)cc1. The van der Waals surface area contributed by atoms with Crippen molar-refractivity contribution in [2.45, 2.75) is 19.8 Å². The van der Waals surface area contributed by atoms with Gasteiger partial charge in [-0.1, -0.05) is 38.1 Å². The summed E-state index contributed by atoms with van der Waals surface area (Å²) in [6.45, 7) is 4.20. The zero-order valence-electron chi connectivity index (χ0n) is 15.0. The van der Waals surface area contributed by atoms with Crippen LogP contribution < -0.4 is 5.32 Å². The smallest absolute Gasteiger partial charge is 0.256 e. The van der Waals surface area contributed by atoms with Gasteiger partial charge in [0.2, 0.25) is 5.78 Å². The molecule has 0 spiro atoms. The molecule has 2 aromatic carbocycles. The number of nitrogens with one attached hydrogen (secondary N) is 1. The van der Waals surface area contributed by atoms with E-state index in [1.54, 1.807) is 22.7 Å². The quantitative estimate of drug-likeness (QED) is 0.599. The number of benzene rings is 2. The molecule has 132 valence electrons. The maximum atomic E-state index is 12.6. The third-order valence-electron chi connectivity index (χ3n) is 4.49. The van der Waals surface area contributed by atoms with Crippen LogP contribution >= 0.6 is 0 Å². The maximum Gasteiger partial charge on any atom is 0.256 e.